The summed E-state index contributed by atoms with van der Waals surface area (Å²) in [6.45, 7) is 2.49. The Labute approximate surface area is 182 Å². The summed E-state index contributed by atoms with van der Waals surface area (Å²) >= 11 is 0. The number of rotatable bonds is 4. The summed E-state index contributed by atoms with van der Waals surface area (Å²) in [4.78, 5) is 34.2. The minimum absolute atomic E-state index is 0.00800. The van der Waals surface area contributed by atoms with Crippen molar-refractivity contribution in [2.75, 3.05) is 31.1 Å². The number of aliphatic hydroxyl groups excluding tert-OH is 1. The van der Waals surface area contributed by atoms with Gasteiger partial charge in [-0.05, 0) is 80.0 Å². The first kappa shape index (κ1) is 19.9. The summed E-state index contributed by atoms with van der Waals surface area (Å²) in [7, 11) is 0. The lowest BCUT2D eigenvalue weighted by Gasteiger charge is -2.31. The maximum Gasteiger partial charge on any atom is 0.255 e. The van der Waals surface area contributed by atoms with Gasteiger partial charge in [0.05, 0.1) is 5.56 Å². The van der Waals surface area contributed by atoms with Crippen molar-refractivity contribution in [2.45, 2.75) is 38.5 Å². The van der Waals surface area contributed by atoms with E-state index in [1.54, 1.807) is 6.20 Å². The van der Waals surface area contributed by atoms with E-state index in [9.17, 15) is 14.7 Å². The van der Waals surface area contributed by atoms with Crippen LogP contribution in [0.4, 0.5) is 11.5 Å². The molecule has 1 aromatic heterocycles. The normalized spacial score (nSPS) is 18.0. The number of amides is 1. The molecule has 0 radical (unpaired) electrons. The maximum absolute atomic E-state index is 12.9. The van der Waals surface area contributed by atoms with Gasteiger partial charge >= 0.3 is 0 Å². The van der Waals surface area contributed by atoms with Crippen molar-refractivity contribution >= 4 is 29.3 Å². The van der Waals surface area contributed by atoms with Crippen molar-refractivity contribution in [3.63, 3.8) is 0 Å². The molecule has 1 N–H and O–H groups in total. The van der Waals surface area contributed by atoms with E-state index >= 15 is 0 Å². The molecule has 6 heteroatoms. The molecule has 5 rings (SSSR count). The number of fused-ring (bicyclic) bond motifs is 2. The largest absolute Gasteiger partial charge is 0.396 e. The second kappa shape index (κ2) is 8.27. The first-order valence-corrected chi connectivity index (χ1v) is 11.2. The summed E-state index contributed by atoms with van der Waals surface area (Å²) in [5.41, 5.74) is 5.03. The molecule has 3 aliphatic rings. The quantitative estimate of drug-likeness (QED) is 0.820. The Bertz CT molecular complexity index is 1070. The molecule has 160 valence electrons. The second-order valence-electron chi connectivity index (χ2n) is 8.56. The minimum atomic E-state index is -0.0275. The molecule has 6 nitrogen and oxygen atoms in total. The Balaban J connectivity index is 1.43. The van der Waals surface area contributed by atoms with Crippen LogP contribution in [-0.4, -0.2) is 52.9 Å². The van der Waals surface area contributed by atoms with Gasteiger partial charge in [0.2, 0.25) is 0 Å². The van der Waals surface area contributed by atoms with Crippen LogP contribution in [0.3, 0.4) is 0 Å². The Kier molecular flexibility index (Phi) is 5.32. The highest BCUT2D eigenvalue weighted by Gasteiger charge is 2.26. The molecule has 1 aliphatic carbocycles. The van der Waals surface area contributed by atoms with Gasteiger partial charge in [-0.3, -0.25) is 9.59 Å². The highest BCUT2D eigenvalue weighted by molar-refractivity contribution is 6.18. The van der Waals surface area contributed by atoms with Crippen molar-refractivity contribution < 1.29 is 14.7 Å². The number of pyridine rings is 1. The van der Waals surface area contributed by atoms with Gasteiger partial charge in [0.25, 0.3) is 5.91 Å². The van der Waals surface area contributed by atoms with Gasteiger partial charge in [0, 0.05) is 49.3 Å². The fraction of sp³-hybridized carbons (Fsp3) is 0.400. The van der Waals surface area contributed by atoms with E-state index in [4.69, 9.17) is 4.98 Å². The number of Topliss-reactive ketones (excluding diaryl/α,β-unsaturated/α-hetero) is 1. The summed E-state index contributed by atoms with van der Waals surface area (Å²) in [6, 6.07) is 7.88. The van der Waals surface area contributed by atoms with Crippen LogP contribution in [0.25, 0.3) is 6.08 Å². The highest BCUT2D eigenvalue weighted by Crippen LogP contribution is 2.36. The standard InChI is InChI=1S/C25H27N3O3/c29-12-8-17-13-19-15-21(6-7-22(19)23(17)30)28-11-4-5-18-14-20(16-26-24(18)28)25(31)27-9-2-1-3-10-27/h6-7,13-16,29H,1-5,8-12H2. The number of piperidine rings is 1. The van der Waals surface area contributed by atoms with Crippen LogP contribution in [0.1, 0.15) is 63.9 Å². The fourth-order valence-electron chi connectivity index (χ4n) is 4.89. The molecule has 1 saturated heterocycles. The van der Waals surface area contributed by atoms with Gasteiger partial charge in [-0.2, -0.15) is 0 Å². The number of hydrogen-bond donors (Lipinski definition) is 1. The molecule has 2 aromatic rings. The first-order chi connectivity index (χ1) is 15.2. The molecule has 31 heavy (non-hydrogen) atoms. The topological polar surface area (TPSA) is 73.7 Å². The molecule has 1 fully saturated rings. The zero-order valence-electron chi connectivity index (χ0n) is 17.6. The van der Waals surface area contributed by atoms with Crippen molar-refractivity contribution in [2.24, 2.45) is 0 Å². The molecule has 1 aromatic carbocycles. The number of benzene rings is 1. The molecular weight excluding hydrogens is 390 g/mol. The van der Waals surface area contributed by atoms with Gasteiger partial charge in [0.1, 0.15) is 5.82 Å². The zero-order valence-corrected chi connectivity index (χ0v) is 17.6. The van der Waals surface area contributed by atoms with Gasteiger partial charge in [-0.1, -0.05) is 0 Å². The summed E-state index contributed by atoms with van der Waals surface area (Å²) in [5, 5.41) is 9.20. The monoisotopic (exact) mass is 417 g/mol. The summed E-state index contributed by atoms with van der Waals surface area (Å²) in [6.07, 6.45) is 9.22. The smallest absolute Gasteiger partial charge is 0.255 e. The van der Waals surface area contributed by atoms with Crippen LogP contribution < -0.4 is 4.90 Å². The van der Waals surface area contributed by atoms with E-state index in [2.05, 4.69) is 4.90 Å². The molecule has 0 unspecified atom stereocenters. The third-order valence-corrected chi connectivity index (χ3v) is 6.51. The number of carbonyl (C=O) groups excluding carboxylic acids is 2. The third kappa shape index (κ3) is 3.65. The second-order valence-corrected chi connectivity index (χ2v) is 8.56. The van der Waals surface area contributed by atoms with Gasteiger partial charge < -0.3 is 14.9 Å². The lowest BCUT2D eigenvalue weighted by molar-refractivity contribution is 0.0723. The number of carbonyl (C=O) groups is 2. The first-order valence-electron chi connectivity index (χ1n) is 11.2. The number of ketones is 1. The van der Waals surface area contributed by atoms with Crippen molar-refractivity contribution in [1.82, 2.24) is 9.88 Å². The lowest BCUT2D eigenvalue weighted by Crippen LogP contribution is -2.36. The van der Waals surface area contributed by atoms with Crippen molar-refractivity contribution in [3.8, 4) is 0 Å². The predicted molar refractivity (Wildman–Crippen MR) is 120 cm³/mol. The number of hydrogen-bond acceptors (Lipinski definition) is 5. The van der Waals surface area contributed by atoms with Crippen LogP contribution in [-0.2, 0) is 6.42 Å². The Hall–Kier alpha value is -2.99. The Morgan fingerprint density at radius 2 is 1.90 bits per heavy atom. The molecule has 0 saturated carbocycles. The zero-order chi connectivity index (χ0) is 21.4. The number of aromatic nitrogens is 1. The van der Waals surface area contributed by atoms with Crippen LogP contribution in [0.2, 0.25) is 0 Å². The van der Waals surface area contributed by atoms with E-state index in [1.165, 1.54) is 6.42 Å². The van der Waals surface area contributed by atoms with Crippen molar-refractivity contribution in [3.05, 3.63) is 58.3 Å². The molecule has 0 bridgehead atoms. The predicted octanol–water partition coefficient (Wildman–Crippen LogP) is 3.75. The number of anilines is 2. The average Bonchev–Trinajstić information content (AvgIpc) is 3.13. The van der Waals surface area contributed by atoms with Gasteiger partial charge in [-0.25, -0.2) is 4.98 Å². The molecule has 1 amide bonds. The van der Waals surface area contributed by atoms with E-state index < -0.39 is 0 Å². The lowest BCUT2D eigenvalue weighted by atomic mass is 10.0. The number of aliphatic hydroxyl groups is 1. The number of likely N-dealkylation sites (tertiary alicyclic amines) is 1. The SMILES string of the molecule is O=C1C(CCO)=Cc2cc(N3CCCc4cc(C(=O)N5CCCCC5)cnc43)ccc21. The minimum Gasteiger partial charge on any atom is -0.396 e. The van der Waals surface area contributed by atoms with Gasteiger partial charge in [0.15, 0.2) is 5.78 Å². The Morgan fingerprint density at radius 3 is 2.71 bits per heavy atom. The van der Waals surface area contributed by atoms with Crippen LogP contribution in [0, 0.1) is 0 Å². The van der Waals surface area contributed by atoms with E-state index in [0.29, 0.717) is 23.1 Å². The highest BCUT2D eigenvalue weighted by atomic mass is 16.3. The van der Waals surface area contributed by atoms with Crippen LogP contribution in [0.15, 0.2) is 36.0 Å². The molecule has 0 spiro atoms. The average molecular weight is 418 g/mol. The molecule has 3 heterocycles. The summed E-state index contributed by atoms with van der Waals surface area (Å²) in [5.74, 6) is 0.989. The maximum atomic E-state index is 12.9. The molecular formula is C25H27N3O3. The summed E-state index contributed by atoms with van der Waals surface area (Å²) < 4.78 is 0. The fourth-order valence-corrected chi connectivity index (χ4v) is 4.89. The number of aryl methyl sites for hydroxylation is 1. The number of nitrogens with zero attached hydrogens (tertiary/aromatic N) is 3. The van der Waals surface area contributed by atoms with E-state index in [-0.39, 0.29) is 18.3 Å². The van der Waals surface area contributed by atoms with Gasteiger partial charge in [-0.15, -0.1) is 0 Å². The van der Waals surface area contributed by atoms with Crippen LogP contribution in [0.5, 0.6) is 0 Å². The Morgan fingerprint density at radius 1 is 1.06 bits per heavy atom. The van der Waals surface area contributed by atoms with Crippen LogP contribution >= 0.6 is 0 Å². The van der Waals surface area contributed by atoms with E-state index in [0.717, 1.165) is 67.9 Å². The molecule has 0 atom stereocenters. The van der Waals surface area contributed by atoms with E-state index in [1.807, 2.05) is 35.2 Å². The third-order valence-electron chi connectivity index (χ3n) is 6.51. The van der Waals surface area contributed by atoms with Crippen molar-refractivity contribution in [1.29, 1.82) is 0 Å². The molecule has 2 aliphatic heterocycles.